The topological polar surface area (TPSA) is 60.4 Å². The van der Waals surface area contributed by atoms with Gasteiger partial charge in [-0.3, -0.25) is 14.4 Å². The molecule has 4 rings (SSSR count). The predicted octanol–water partition coefficient (Wildman–Crippen LogP) is 3.32. The quantitative estimate of drug-likeness (QED) is 0.747. The molecule has 0 spiro atoms. The Kier molecular flexibility index (Phi) is 3.22. The lowest BCUT2D eigenvalue weighted by Gasteiger charge is -2.39. The van der Waals surface area contributed by atoms with Gasteiger partial charge in [0.25, 0.3) is 0 Å². The van der Waals surface area contributed by atoms with E-state index in [0.717, 1.165) is 24.8 Å². The third kappa shape index (κ3) is 2.08. The fourth-order valence-electron chi connectivity index (χ4n) is 4.55. The van der Waals surface area contributed by atoms with Crippen molar-refractivity contribution >= 4 is 17.5 Å². The van der Waals surface area contributed by atoms with Crippen molar-refractivity contribution in [3.8, 4) is 0 Å². The molecule has 0 heterocycles. The maximum absolute atomic E-state index is 13.0. The molecule has 3 unspecified atom stereocenters. The molecular weight excluding hydrogens is 292 g/mol. The number of ether oxygens (including phenoxy) is 1. The fraction of sp³-hybridized carbons (Fsp3) is 0.421. The monoisotopic (exact) mass is 310 g/mol. The zero-order valence-corrected chi connectivity index (χ0v) is 13.0. The average Bonchev–Trinajstić information content (AvgIpc) is 3.01. The summed E-state index contributed by atoms with van der Waals surface area (Å²) in [4.78, 5) is 37.3. The largest absolute Gasteiger partial charge is 0.431 e. The summed E-state index contributed by atoms with van der Waals surface area (Å²) in [6.07, 6.45) is 3.11. The van der Waals surface area contributed by atoms with Crippen molar-refractivity contribution in [3.05, 3.63) is 46.7 Å². The van der Waals surface area contributed by atoms with Crippen LogP contribution in [-0.4, -0.2) is 17.5 Å². The summed E-state index contributed by atoms with van der Waals surface area (Å²) in [5.74, 6) is -0.244. The molecular formula is C19H18O4. The number of ketones is 2. The number of allylic oxidation sites excluding steroid dienone is 2. The van der Waals surface area contributed by atoms with Crippen LogP contribution >= 0.6 is 0 Å². The molecule has 0 bridgehead atoms. The van der Waals surface area contributed by atoms with Gasteiger partial charge in [0.2, 0.25) is 0 Å². The molecule has 0 radical (unpaired) electrons. The molecule has 0 saturated heterocycles. The van der Waals surface area contributed by atoms with Gasteiger partial charge in [-0.2, -0.15) is 0 Å². The summed E-state index contributed by atoms with van der Waals surface area (Å²) in [5.41, 5.74) is 2.16. The third-order valence-corrected chi connectivity index (χ3v) is 5.40. The first kappa shape index (κ1) is 14.4. The van der Waals surface area contributed by atoms with Crippen molar-refractivity contribution in [1.82, 2.24) is 0 Å². The molecule has 1 saturated carbocycles. The number of esters is 1. The van der Waals surface area contributed by atoms with E-state index in [2.05, 4.69) is 0 Å². The van der Waals surface area contributed by atoms with Gasteiger partial charge < -0.3 is 4.74 Å². The van der Waals surface area contributed by atoms with Crippen molar-refractivity contribution in [2.75, 3.05) is 0 Å². The van der Waals surface area contributed by atoms with Crippen LogP contribution in [0.3, 0.4) is 0 Å². The van der Waals surface area contributed by atoms with E-state index >= 15 is 0 Å². The number of carbonyl (C=O) groups is 3. The van der Waals surface area contributed by atoms with E-state index in [9.17, 15) is 14.4 Å². The van der Waals surface area contributed by atoms with E-state index < -0.39 is 5.92 Å². The molecule has 4 nitrogen and oxygen atoms in total. The summed E-state index contributed by atoms with van der Waals surface area (Å²) in [6.45, 7) is 1.38. The lowest BCUT2D eigenvalue weighted by atomic mass is 9.63. The van der Waals surface area contributed by atoms with Crippen LogP contribution in [0, 0.1) is 17.8 Å². The zero-order chi connectivity index (χ0) is 16.1. The fourth-order valence-corrected chi connectivity index (χ4v) is 4.55. The van der Waals surface area contributed by atoms with Gasteiger partial charge in [0, 0.05) is 36.3 Å². The second-order valence-corrected chi connectivity index (χ2v) is 6.65. The van der Waals surface area contributed by atoms with Gasteiger partial charge in [-0.1, -0.05) is 24.3 Å². The summed E-state index contributed by atoms with van der Waals surface area (Å²) >= 11 is 0. The van der Waals surface area contributed by atoms with Crippen molar-refractivity contribution in [3.63, 3.8) is 0 Å². The molecule has 23 heavy (non-hydrogen) atoms. The molecule has 4 heteroatoms. The minimum atomic E-state index is -0.390. The maximum Gasteiger partial charge on any atom is 0.307 e. The van der Waals surface area contributed by atoms with Gasteiger partial charge in [-0.25, -0.2) is 0 Å². The van der Waals surface area contributed by atoms with Crippen LogP contribution in [-0.2, 0) is 9.53 Å². The normalized spacial score (nSPS) is 29.0. The maximum atomic E-state index is 13.0. The van der Waals surface area contributed by atoms with E-state index in [4.69, 9.17) is 4.74 Å². The Labute approximate surface area is 134 Å². The molecule has 0 N–H and O–H groups in total. The van der Waals surface area contributed by atoms with E-state index in [1.807, 2.05) is 6.07 Å². The molecule has 118 valence electrons. The van der Waals surface area contributed by atoms with Crippen LogP contribution in [0.5, 0.6) is 0 Å². The van der Waals surface area contributed by atoms with E-state index in [1.165, 1.54) is 6.92 Å². The van der Waals surface area contributed by atoms with Crippen molar-refractivity contribution in [2.45, 2.75) is 32.6 Å². The van der Waals surface area contributed by atoms with Crippen molar-refractivity contribution in [2.24, 2.45) is 17.8 Å². The summed E-state index contributed by atoms with van der Waals surface area (Å²) in [6, 6.07) is 7.08. The first-order valence-electron chi connectivity index (χ1n) is 8.15. The Morgan fingerprint density at radius 2 is 1.78 bits per heavy atom. The predicted molar refractivity (Wildman–Crippen MR) is 82.8 cm³/mol. The Morgan fingerprint density at radius 1 is 1.09 bits per heavy atom. The van der Waals surface area contributed by atoms with E-state index in [1.54, 1.807) is 18.2 Å². The Bertz CT molecular complexity index is 758. The SMILES string of the molecule is CC(=O)OC1=C2CCCC2C2C(=O)c3ccccc3C(=O)C2C1. The van der Waals surface area contributed by atoms with Gasteiger partial charge in [0.05, 0.1) is 0 Å². The minimum absolute atomic E-state index is 0.0146. The molecule has 0 amide bonds. The smallest absolute Gasteiger partial charge is 0.307 e. The highest BCUT2D eigenvalue weighted by atomic mass is 16.5. The van der Waals surface area contributed by atoms with Gasteiger partial charge >= 0.3 is 5.97 Å². The second-order valence-electron chi connectivity index (χ2n) is 6.65. The molecule has 3 atom stereocenters. The highest BCUT2D eigenvalue weighted by molar-refractivity contribution is 6.16. The molecule has 1 aromatic carbocycles. The lowest BCUT2D eigenvalue weighted by Crippen LogP contribution is -2.43. The highest BCUT2D eigenvalue weighted by Crippen LogP contribution is 2.51. The molecule has 1 fully saturated rings. The number of rotatable bonds is 1. The van der Waals surface area contributed by atoms with Crippen molar-refractivity contribution < 1.29 is 19.1 Å². The van der Waals surface area contributed by atoms with Crippen LogP contribution in [0.2, 0.25) is 0 Å². The summed E-state index contributed by atoms with van der Waals surface area (Å²) in [7, 11) is 0. The molecule has 0 aliphatic heterocycles. The Balaban J connectivity index is 1.82. The Hall–Kier alpha value is -2.23. The number of benzene rings is 1. The van der Waals surface area contributed by atoms with Crippen LogP contribution in [0.15, 0.2) is 35.6 Å². The first-order valence-corrected chi connectivity index (χ1v) is 8.15. The molecule has 3 aliphatic rings. The van der Waals surface area contributed by atoms with Gasteiger partial charge in [0.1, 0.15) is 5.76 Å². The van der Waals surface area contributed by atoms with E-state index in [0.29, 0.717) is 23.3 Å². The van der Waals surface area contributed by atoms with E-state index in [-0.39, 0.29) is 29.4 Å². The van der Waals surface area contributed by atoms with Gasteiger partial charge in [-0.05, 0) is 30.8 Å². The van der Waals surface area contributed by atoms with Crippen molar-refractivity contribution in [1.29, 1.82) is 0 Å². The molecule has 1 aromatic rings. The molecule has 0 aromatic heterocycles. The summed E-state index contributed by atoms with van der Waals surface area (Å²) < 4.78 is 5.40. The van der Waals surface area contributed by atoms with Gasteiger partial charge in [-0.15, -0.1) is 0 Å². The standard InChI is InChI=1S/C19H18O4/c1-10(20)23-16-9-15-17(12-8-4-7-11(12)16)19(22)14-6-3-2-5-13(14)18(15)21/h2-3,5-6,12,15,17H,4,7-9H2,1H3. The number of Topliss-reactive ketones (excluding diaryl/α,β-unsaturated/α-hetero) is 2. The second kappa shape index (κ2) is 5.15. The minimum Gasteiger partial charge on any atom is -0.431 e. The van der Waals surface area contributed by atoms with Crippen LogP contribution in [0.25, 0.3) is 0 Å². The highest BCUT2D eigenvalue weighted by Gasteiger charge is 2.51. The van der Waals surface area contributed by atoms with Crippen LogP contribution in [0.4, 0.5) is 0 Å². The summed E-state index contributed by atoms with van der Waals surface area (Å²) in [5, 5.41) is 0. The Morgan fingerprint density at radius 3 is 2.48 bits per heavy atom. The number of carbonyl (C=O) groups excluding carboxylic acids is 3. The van der Waals surface area contributed by atoms with Crippen LogP contribution < -0.4 is 0 Å². The lowest BCUT2D eigenvalue weighted by molar-refractivity contribution is -0.137. The van der Waals surface area contributed by atoms with Crippen LogP contribution in [0.1, 0.15) is 53.3 Å². The first-order chi connectivity index (χ1) is 11.1. The average molecular weight is 310 g/mol. The number of fused-ring (bicyclic) bond motifs is 4. The molecule has 3 aliphatic carbocycles. The van der Waals surface area contributed by atoms with Gasteiger partial charge in [0.15, 0.2) is 11.6 Å². The third-order valence-electron chi connectivity index (χ3n) is 5.40. The number of hydrogen-bond acceptors (Lipinski definition) is 4. The zero-order valence-electron chi connectivity index (χ0n) is 13.0. The number of hydrogen-bond donors (Lipinski definition) is 0.